The Hall–Kier alpha value is -2.46. The first kappa shape index (κ1) is 18.6. The highest BCUT2D eigenvalue weighted by Crippen LogP contribution is 2.51. The normalized spacial score (nSPS) is 20.3. The van der Waals surface area contributed by atoms with Crippen molar-refractivity contribution in [1.82, 2.24) is 0 Å². The molecule has 0 aromatic heterocycles. The summed E-state index contributed by atoms with van der Waals surface area (Å²) in [5.74, 6) is -0.341. The van der Waals surface area contributed by atoms with Crippen LogP contribution in [0.1, 0.15) is 43.7 Å². The summed E-state index contributed by atoms with van der Waals surface area (Å²) >= 11 is 3.33. The molecule has 1 aliphatic heterocycles. The van der Waals surface area contributed by atoms with Gasteiger partial charge < -0.3 is 5.32 Å². The molecule has 4 heteroatoms. The molecule has 29 heavy (non-hydrogen) atoms. The number of fused-ring (bicyclic) bond motifs is 3. The van der Waals surface area contributed by atoms with E-state index in [2.05, 4.69) is 59.4 Å². The minimum atomic E-state index is -0.300. The smallest absolute Gasteiger partial charge is 0.162 e. The van der Waals surface area contributed by atoms with Crippen molar-refractivity contribution in [3.63, 3.8) is 0 Å². The molecule has 1 atom stereocenters. The van der Waals surface area contributed by atoms with Crippen molar-refractivity contribution in [2.24, 2.45) is 5.41 Å². The van der Waals surface area contributed by atoms with Crippen LogP contribution in [-0.2, 0) is 4.79 Å². The first-order chi connectivity index (χ1) is 13.8. The molecule has 0 saturated heterocycles. The van der Waals surface area contributed by atoms with E-state index in [9.17, 15) is 9.18 Å². The molecule has 0 bridgehead atoms. The largest absolute Gasteiger partial charge is 0.358 e. The summed E-state index contributed by atoms with van der Waals surface area (Å²) in [6, 6.07) is 17.5. The number of anilines is 1. The first-order valence-electron chi connectivity index (χ1n) is 9.84. The molecule has 3 aromatic rings. The molecule has 0 saturated carbocycles. The van der Waals surface area contributed by atoms with E-state index in [1.807, 2.05) is 18.2 Å². The van der Waals surface area contributed by atoms with Crippen LogP contribution in [0.25, 0.3) is 10.8 Å². The lowest BCUT2D eigenvalue weighted by Crippen LogP contribution is -2.33. The van der Waals surface area contributed by atoms with Gasteiger partial charge >= 0.3 is 0 Å². The number of Topliss-reactive ketones (excluding diaryl/α,β-unsaturated/α-hetero) is 1. The number of hydrogen-bond donors (Lipinski definition) is 1. The van der Waals surface area contributed by atoms with Crippen LogP contribution in [0.15, 0.2) is 70.3 Å². The lowest BCUT2D eigenvalue weighted by atomic mass is 9.68. The number of halogens is 2. The lowest BCUT2D eigenvalue weighted by molar-refractivity contribution is -0.118. The zero-order valence-electron chi connectivity index (χ0n) is 16.4. The Morgan fingerprint density at radius 1 is 1.07 bits per heavy atom. The van der Waals surface area contributed by atoms with Crippen molar-refractivity contribution in [1.29, 1.82) is 0 Å². The average Bonchev–Trinajstić information content (AvgIpc) is 2.67. The highest BCUT2D eigenvalue weighted by Gasteiger charge is 2.41. The molecule has 5 rings (SSSR count). The monoisotopic (exact) mass is 449 g/mol. The molecule has 2 nitrogen and oxygen atoms in total. The Balaban J connectivity index is 1.82. The van der Waals surface area contributed by atoms with E-state index < -0.39 is 0 Å². The third kappa shape index (κ3) is 3.01. The van der Waals surface area contributed by atoms with Crippen molar-refractivity contribution in [2.75, 3.05) is 5.32 Å². The lowest BCUT2D eigenvalue weighted by Gasteiger charge is -2.40. The molecule has 2 aliphatic rings. The number of carbonyl (C=O) groups excluding carboxylic acids is 1. The van der Waals surface area contributed by atoms with E-state index in [4.69, 9.17) is 0 Å². The number of ketones is 1. The SMILES string of the molecule is CC1(C)CC(=O)C2=C(C1)Nc1ccc3ccccc3c1C2c1ccc(F)c(Br)c1. The number of carbonyl (C=O) groups is 1. The maximum Gasteiger partial charge on any atom is 0.162 e. The van der Waals surface area contributed by atoms with Gasteiger partial charge in [0.1, 0.15) is 5.82 Å². The van der Waals surface area contributed by atoms with Gasteiger partial charge in [-0.05, 0) is 67.9 Å². The summed E-state index contributed by atoms with van der Waals surface area (Å²) in [5.41, 5.74) is 4.79. The van der Waals surface area contributed by atoms with Crippen molar-refractivity contribution < 1.29 is 9.18 Å². The molecule has 0 amide bonds. The van der Waals surface area contributed by atoms with Crippen molar-refractivity contribution in [3.05, 3.63) is 87.3 Å². The summed E-state index contributed by atoms with van der Waals surface area (Å²) in [7, 11) is 0. The van der Waals surface area contributed by atoms with Gasteiger partial charge in [0, 0.05) is 29.3 Å². The topological polar surface area (TPSA) is 29.1 Å². The fourth-order valence-corrected chi connectivity index (χ4v) is 5.23. The summed E-state index contributed by atoms with van der Waals surface area (Å²) in [4.78, 5) is 13.3. The maximum absolute atomic E-state index is 14.0. The van der Waals surface area contributed by atoms with Gasteiger partial charge in [-0.15, -0.1) is 0 Å². The second kappa shape index (κ2) is 6.53. The van der Waals surface area contributed by atoms with Crippen molar-refractivity contribution >= 4 is 38.2 Å². The van der Waals surface area contributed by atoms with Crippen LogP contribution in [0.4, 0.5) is 10.1 Å². The van der Waals surface area contributed by atoms with Gasteiger partial charge in [-0.1, -0.05) is 50.2 Å². The van der Waals surface area contributed by atoms with Gasteiger partial charge in [0.05, 0.1) is 4.47 Å². The second-order valence-corrected chi connectivity index (χ2v) is 9.67. The Morgan fingerprint density at radius 3 is 2.66 bits per heavy atom. The minimum absolute atomic E-state index is 0.0782. The highest BCUT2D eigenvalue weighted by molar-refractivity contribution is 9.10. The molecule has 0 radical (unpaired) electrons. The molecule has 146 valence electrons. The van der Waals surface area contributed by atoms with Crippen molar-refractivity contribution in [3.8, 4) is 0 Å². The van der Waals surface area contributed by atoms with E-state index in [1.165, 1.54) is 6.07 Å². The zero-order valence-corrected chi connectivity index (χ0v) is 17.9. The van der Waals surface area contributed by atoms with E-state index in [0.717, 1.165) is 45.3 Å². The minimum Gasteiger partial charge on any atom is -0.358 e. The Bertz CT molecular complexity index is 1210. The summed E-state index contributed by atoms with van der Waals surface area (Å²) in [6.45, 7) is 4.27. The van der Waals surface area contributed by atoms with Crippen LogP contribution in [0, 0.1) is 11.2 Å². The average molecular weight is 450 g/mol. The molecule has 1 unspecified atom stereocenters. The van der Waals surface area contributed by atoms with Gasteiger partial charge in [-0.2, -0.15) is 0 Å². The third-order valence-corrected chi connectivity index (χ3v) is 6.64. The Morgan fingerprint density at radius 2 is 1.86 bits per heavy atom. The van der Waals surface area contributed by atoms with Crippen molar-refractivity contribution in [2.45, 2.75) is 32.6 Å². The molecule has 1 heterocycles. The summed E-state index contributed by atoms with van der Waals surface area (Å²) in [6.07, 6.45) is 1.34. The second-order valence-electron chi connectivity index (χ2n) is 8.81. The van der Waals surface area contributed by atoms with Gasteiger partial charge in [0.25, 0.3) is 0 Å². The molecular weight excluding hydrogens is 429 g/mol. The number of nitrogens with one attached hydrogen (secondary N) is 1. The Labute approximate surface area is 177 Å². The van der Waals surface area contributed by atoms with Crippen LogP contribution in [0.5, 0.6) is 0 Å². The number of hydrogen-bond acceptors (Lipinski definition) is 2. The third-order valence-electron chi connectivity index (χ3n) is 6.03. The van der Waals surface area contributed by atoms with Gasteiger partial charge in [0.15, 0.2) is 5.78 Å². The van der Waals surface area contributed by atoms with E-state index >= 15 is 0 Å². The standard InChI is InChI=1S/C25H21BrFNO/c1-25(2)12-20-24(21(29)13-25)22(15-7-9-18(27)17(26)11-15)23-16-6-4-3-5-14(16)8-10-19(23)28-20/h3-11,22,28H,12-13H2,1-2H3. The number of allylic oxidation sites excluding steroid dienone is 2. The fraction of sp³-hybridized carbons (Fsp3) is 0.240. The molecule has 0 fully saturated rings. The zero-order chi connectivity index (χ0) is 20.3. The van der Waals surface area contributed by atoms with Gasteiger partial charge in [-0.3, -0.25) is 4.79 Å². The number of rotatable bonds is 1. The van der Waals surface area contributed by atoms with E-state index in [0.29, 0.717) is 10.9 Å². The first-order valence-corrected chi connectivity index (χ1v) is 10.6. The molecule has 3 aromatic carbocycles. The maximum atomic E-state index is 14.0. The van der Waals surface area contributed by atoms with Crippen LogP contribution in [0.3, 0.4) is 0 Å². The van der Waals surface area contributed by atoms with Gasteiger partial charge in [-0.25, -0.2) is 4.39 Å². The van der Waals surface area contributed by atoms with Gasteiger partial charge in [0.2, 0.25) is 0 Å². The van der Waals surface area contributed by atoms with E-state index in [-0.39, 0.29) is 22.9 Å². The fourth-order valence-electron chi connectivity index (χ4n) is 4.83. The van der Waals surface area contributed by atoms with Crippen LogP contribution in [0.2, 0.25) is 0 Å². The summed E-state index contributed by atoms with van der Waals surface area (Å²) in [5, 5.41) is 5.82. The predicted octanol–water partition coefficient (Wildman–Crippen LogP) is 6.94. The molecule has 1 N–H and O–H groups in total. The van der Waals surface area contributed by atoms with Crippen LogP contribution >= 0.6 is 15.9 Å². The Kier molecular flexibility index (Phi) is 4.18. The quantitative estimate of drug-likeness (QED) is 0.435. The molecule has 1 aliphatic carbocycles. The molecule has 0 spiro atoms. The molecular formula is C25H21BrFNO. The summed E-state index contributed by atoms with van der Waals surface area (Å²) < 4.78 is 14.4. The van der Waals surface area contributed by atoms with Crippen LogP contribution in [-0.4, -0.2) is 5.78 Å². The van der Waals surface area contributed by atoms with Crippen LogP contribution < -0.4 is 5.32 Å². The van der Waals surface area contributed by atoms with E-state index in [1.54, 1.807) is 6.07 Å². The predicted molar refractivity (Wildman–Crippen MR) is 119 cm³/mol. The highest BCUT2D eigenvalue weighted by atomic mass is 79.9. The number of benzene rings is 3.